The van der Waals surface area contributed by atoms with Crippen LogP contribution in [0.3, 0.4) is 0 Å². The lowest BCUT2D eigenvalue weighted by Crippen LogP contribution is -2.08. The Labute approximate surface area is 123 Å². The van der Waals surface area contributed by atoms with Crippen LogP contribution in [-0.4, -0.2) is 13.1 Å². The molecule has 1 aliphatic heterocycles. The van der Waals surface area contributed by atoms with Crippen LogP contribution in [0.15, 0.2) is 42.5 Å². The molecule has 0 bridgehead atoms. The fourth-order valence-electron chi connectivity index (χ4n) is 2.71. The fraction of sp³-hybridized carbons (Fsp3) is 0.250. The molecule has 0 radical (unpaired) electrons. The maximum Gasteiger partial charge on any atom is 0.0412 e. The molecule has 1 heterocycles. The van der Waals surface area contributed by atoms with Crippen LogP contribution in [0.5, 0.6) is 0 Å². The van der Waals surface area contributed by atoms with Gasteiger partial charge in [-0.25, -0.2) is 0 Å². The van der Waals surface area contributed by atoms with Crippen LogP contribution in [0.25, 0.3) is 11.1 Å². The molecule has 1 atom stereocenters. The molecule has 0 spiro atoms. The van der Waals surface area contributed by atoms with E-state index in [2.05, 4.69) is 23.5 Å². The van der Waals surface area contributed by atoms with Crippen LogP contribution >= 0.6 is 23.2 Å². The first kappa shape index (κ1) is 13.0. The quantitative estimate of drug-likeness (QED) is 0.843. The minimum absolute atomic E-state index is 0.535. The predicted octanol–water partition coefficient (Wildman–Crippen LogP) is 4.74. The summed E-state index contributed by atoms with van der Waals surface area (Å²) >= 11 is 12.3. The Balaban J connectivity index is 2.09. The van der Waals surface area contributed by atoms with E-state index in [9.17, 15) is 0 Å². The molecular formula is C16H15Cl2N. The van der Waals surface area contributed by atoms with E-state index >= 15 is 0 Å². The van der Waals surface area contributed by atoms with Crippen LogP contribution < -0.4 is 5.32 Å². The van der Waals surface area contributed by atoms with E-state index in [4.69, 9.17) is 23.2 Å². The van der Waals surface area contributed by atoms with Gasteiger partial charge in [-0.3, -0.25) is 0 Å². The molecule has 1 saturated heterocycles. The van der Waals surface area contributed by atoms with Crippen LogP contribution in [0, 0.1) is 0 Å². The summed E-state index contributed by atoms with van der Waals surface area (Å²) in [7, 11) is 0. The monoisotopic (exact) mass is 291 g/mol. The average molecular weight is 292 g/mol. The third-order valence-corrected chi connectivity index (χ3v) is 4.12. The Hall–Kier alpha value is -1.02. The fourth-order valence-corrected chi connectivity index (χ4v) is 3.08. The van der Waals surface area contributed by atoms with Gasteiger partial charge in [0.1, 0.15) is 0 Å². The molecule has 0 amide bonds. The third-order valence-electron chi connectivity index (χ3n) is 3.65. The summed E-state index contributed by atoms with van der Waals surface area (Å²) in [5, 5.41) is 4.98. The molecule has 1 nitrogen and oxygen atoms in total. The standard InChI is InChI=1S/C16H15Cl2N/c17-13-3-1-2-11(8-13)15-5-4-14(18)9-16(15)12-6-7-19-10-12/h1-5,8-9,12,19H,6-7,10H2. The molecule has 1 unspecified atom stereocenters. The Morgan fingerprint density at radius 2 is 1.84 bits per heavy atom. The summed E-state index contributed by atoms with van der Waals surface area (Å²) < 4.78 is 0. The number of rotatable bonds is 2. The largest absolute Gasteiger partial charge is 0.316 e. The van der Waals surface area contributed by atoms with Gasteiger partial charge in [0, 0.05) is 16.6 Å². The molecule has 3 rings (SSSR count). The molecule has 0 saturated carbocycles. The summed E-state index contributed by atoms with van der Waals surface area (Å²) in [6.07, 6.45) is 1.16. The zero-order chi connectivity index (χ0) is 13.2. The van der Waals surface area contributed by atoms with E-state index in [1.165, 1.54) is 11.1 Å². The highest BCUT2D eigenvalue weighted by Gasteiger charge is 2.20. The smallest absolute Gasteiger partial charge is 0.0412 e. The number of hydrogen-bond acceptors (Lipinski definition) is 1. The number of halogens is 2. The topological polar surface area (TPSA) is 12.0 Å². The Morgan fingerprint density at radius 1 is 1.00 bits per heavy atom. The van der Waals surface area contributed by atoms with Crippen molar-refractivity contribution in [2.45, 2.75) is 12.3 Å². The van der Waals surface area contributed by atoms with Crippen LogP contribution in [0.2, 0.25) is 10.0 Å². The maximum atomic E-state index is 6.17. The van der Waals surface area contributed by atoms with E-state index in [1.54, 1.807) is 0 Å². The van der Waals surface area contributed by atoms with Gasteiger partial charge in [0.25, 0.3) is 0 Å². The van der Waals surface area contributed by atoms with Crippen LogP contribution in [0.1, 0.15) is 17.9 Å². The normalized spacial score (nSPS) is 18.7. The summed E-state index contributed by atoms with van der Waals surface area (Å²) in [5.74, 6) is 0.535. The number of hydrogen-bond donors (Lipinski definition) is 1. The molecule has 2 aromatic carbocycles. The lowest BCUT2D eigenvalue weighted by Gasteiger charge is -2.16. The highest BCUT2D eigenvalue weighted by molar-refractivity contribution is 6.31. The van der Waals surface area contributed by atoms with Crippen molar-refractivity contribution in [2.75, 3.05) is 13.1 Å². The molecule has 0 aromatic heterocycles. The van der Waals surface area contributed by atoms with Gasteiger partial charge >= 0.3 is 0 Å². The predicted molar refractivity (Wildman–Crippen MR) is 82.1 cm³/mol. The van der Waals surface area contributed by atoms with Gasteiger partial charge in [0.2, 0.25) is 0 Å². The van der Waals surface area contributed by atoms with Crippen molar-refractivity contribution >= 4 is 23.2 Å². The van der Waals surface area contributed by atoms with E-state index in [0.717, 1.165) is 35.1 Å². The van der Waals surface area contributed by atoms with Gasteiger partial charge in [-0.15, -0.1) is 0 Å². The molecule has 1 N–H and O–H groups in total. The molecule has 2 aromatic rings. The lowest BCUT2D eigenvalue weighted by atomic mass is 9.90. The highest BCUT2D eigenvalue weighted by Crippen LogP contribution is 2.35. The Morgan fingerprint density at radius 3 is 2.58 bits per heavy atom. The van der Waals surface area contributed by atoms with E-state index in [-0.39, 0.29) is 0 Å². The molecule has 1 aliphatic rings. The lowest BCUT2D eigenvalue weighted by molar-refractivity contribution is 0.765. The molecule has 0 aliphatic carbocycles. The second kappa shape index (κ2) is 5.54. The van der Waals surface area contributed by atoms with Gasteiger partial charge in [-0.1, -0.05) is 41.4 Å². The molecule has 1 fully saturated rings. The Kier molecular flexibility index (Phi) is 3.79. The van der Waals surface area contributed by atoms with Gasteiger partial charge < -0.3 is 5.32 Å². The van der Waals surface area contributed by atoms with Crippen molar-refractivity contribution in [3.8, 4) is 11.1 Å². The van der Waals surface area contributed by atoms with Crippen molar-refractivity contribution in [3.05, 3.63) is 58.1 Å². The van der Waals surface area contributed by atoms with E-state index in [1.807, 2.05) is 24.3 Å². The zero-order valence-corrected chi connectivity index (χ0v) is 12.0. The molecule has 98 valence electrons. The van der Waals surface area contributed by atoms with Gasteiger partial charge in [-0.05, 0) is 59.8 Å². The van der Waals surface area contributed by atoms with Crippen molar-refractivity contribution in [2.24, 2.45) is 0 Å². The average Bonchev–Trinajstić information content (AvgIpc) is 2.92. The number of nitrogens with one attached hydrogen (secondary N) is 1. The first-order chi connectivity index (χ1) is 9.24. The molecule has 3 heteroatoms. The van der Waals surface area contributed by atoms with Gasteiger partial charge in [0.15, 0.2) is 0 Å². The van der Waals surface area contributed by atoms with Crippen LogP contribution in [0.4, 0.5) is 0 Å². The summed E-state index contributed by atoms with van der Waals surface area (Å²) in [6, 6.07) is 14.1. The summed E-state index contributed by atoms with van der Waals surface area (Å²) in [5.41, 5.74) is 3.71. The second-order valence-corrected chi connectivity index (χ2v) is 5.80. The van der Waals surface area contributed by atoms with Gasteiger partial charge in [0.05, 0.1) is 0 Å². The SMILES string of the molecule is Clc1cccc(-c2ccc(Cl)cc2C2CCNC2)c1. The first-order valence-corrected chi connectivity index (χ1v) is 7.26. The molecular weight excluding hydrogens is 277 g/mol. The summed E-state index contributed by atoms with van der Waals surface area (Å²) in [4.78, 5) is 0. The number of benzene rings is 2. The third kappa shape index (κ3) is 2.79. The van der Waals surface area contributed by atoms with Crippen molar-refractivity contribution in [1.29, 1.82) is 0 Å². The Bertz CT molecular complexity index is 589. The van der Waals surface area contributed by atoms with Crippen molar-refractivity contribution in [3.63, 3.8) is 0 Å². The zero-order valence-electron chi connectivity index (χ0n) is 10.5. The van der Waals surface area contributed by atoms with Crippen molar-refractivity contribution in [1.82, 2.24) is 5.32 Å². The van der Waals surface area contributed by atoms with Gasteiger partial charge in [-0.2, -0.15) is 0 Å². The van der Waals surface area contributed by atoms with Crippen molar-refractivity contribution < 1.29 is 0 Å². The highest BCUT2D eigenvalue weighted by atomic mass is 35.5. The van der Waals surface area contributed by atoms with E-state index in [0.29, 0.717) is 5.92 Å². The first-order valence-electron chi connectivity index (χ1n) is 6.50. The maximum absolute atomic E-state index is 6.17. The summed E-state index contributed by atoms with van der Waals surface area (Å²) in [6.45, 7) is 2.10. The van der Waals surface area contributed by atoms with Crippen LogP contribution in [-0.2, 0) is 0 Å². The minimum atomic E-state index is 0.535. The van der Waals surface area contributed by atoms with E-state index < -0.39 is 0 Å². The molecule has 19 heavy (non-hydrogen) atoms. The minimum Gasteiger partial charge on any atom is -0.316 e. The second-order valence-electron chi connectivity index (χ2n) is 4.93.